The number of rotatable bonds is 5. The van der Waals surface area contributed by atoms with Crippen LogP contribution in [0.1, 0.15) is 12.5 Å². The van der Waals surface area contributed by atoms with E-state index < -0.39 is 0 Å². The normalized spacial score (nSPS) is 12.3. The summed E-state index contributed by atoms with van der Waals surface area (Å²) in [4.78, 5) is 8.45. The van der Waals surface area contributed by atoms with E-state index in [2.05, 4.69) is 31.2 Å². The maximum atomic E-state index is 5.74. The van der Waals surface area contributed by atoms with Gasteiger partial charge in [0.05, 0.1) is 10.7 Å². The summed E-state index contributed by atoms with van der Waals surface area (Å²) in [5, 5.41) is 3.05. The molecule has 0 bridgehead atoms. The van der Waals surface area contributed by atoms with Gasteiger partial charge in [0.2, 0.25) is 18.6 Å². The zero-order valence-corrected chi connectivity index (χ0v) is 13.0. The van der Waals surface area contributed by atoms with Crippen molar-refractivity contribution in [3.8, 4) is 17.4 Å². The van der Waals surface area contributed by atoms with Crippen molar-refractivity contribution in [1.29, 1.82) is 0 Å². The van der Waals surface area contributed by atoms with Crippen LogP contribution in [-0.2, 0) is 6.61 Å². The van der Waals surface area contributed by atoms with E-state index in [4.69, 9.17) is 14.2 Å². The van der Waals surface area contributed by atoms with Crippen LogP contribution in [0.3, 0.4) is 0 Å². The fourth-order valence-corrected chi connectivity index (χ4v) is 2.18. The summed E-state index contributed by atoms with van der Waals surface area (Å²) in [6.45, 7) is 3.39. The van der Waals surface area contributed by atoms with Gasteiger partial charge in [-0.05, 0) is 40.5 Å². The first-order valence-electron chi connectivity index (χ1n) is 6.54. The molecule has 1 aliphatic heterocycles. The first-order chi connectivity index (χ1) is 10.3. The van der Waals surface area contributed by atoms with Gasteiger partial charge in [-0.25, -0.2) is 4.98 Å². The molecule has 0 saturated heterocycles. The van der Waals surface area contributed by atoms with Gasteiger partial charge in [0.15, 0.2) is 11.5 Å². The zero-order chi connectivity index (χ0) is 14.7. The second-order valence-electron chi connectivity index (χ2n) is 4.35. The highest BCUT2D eigenvalue weighted by Crippen LogP contribution is 2.33. The molecule has 0 spiro atoms. The highest BCUT2D eigenvalue weighted by molar-refractivity contribution is 9.10. The molecule has 0 unspecified atom stereocenters. The molecule has 7 heteroatoms. The highest BCUT2D eigenvalue weighted by Gasteiger charge is 2.14. The Morgan fingerprint density at radius 3 is 3.05 bits per heavy atom. The molecule has 1 aromatic heterocycles. The average molecular weight is 352 g/mol. The van der Waals surface area contributed by atoms with Gasteiger partial charge >= 0.3 is 0 Å². The van der Waals surface area contributed by atoms with Crippen molar-refractivity contribution in [2.75, 3.05) is 18.7 Å². The van der Waals surface area contributed by atoms with Crippen molar-refractivity contribution in [1.82, 2.24) is 9.97 Å². The van der Waals surface area contributed by atoms with Crippen LogP contribution in [0.4, 0.5) is 5.95 Å². The summed E-state index contributed by atoms with van der Waals surface area (Å²) < 4.78 is 17.1. The summed E-state index contributed by atoms with van der Waals surface area (Å²) in [6, 6.07) is 5.72. The second-order valence-corrected chi connectivity index (χ2v) is 5.21. The van der Waals surface area contributed by atoms with E-state index in [1.54, 1.807) is 6.20 Å². The molecule has 1 aromatic carbocycles. The average Bonchev–Trinajstić information content (AvgIpc) is 2.95. The quantitative estimate of drug-likeness (QED) is 0.893. The van der Waals surface area contributed by atoms with Crippen molar-refractivity contribution < 1.29 is 14.2 Å². The first-order valence-corrected chi connectivity index (χ1v) is 7.33. The third-order valence-corrected chi connectivity index (χ3v) is 3.40. The molecule has 0 fully saturated rings. The standard InChI is InChI=1S/C14H14BrN3O3/c1-2-16-14-17-6-10(15)13(18-14)19-7-9-3-4-11-12(5-9)21-8-20-11/h3-6H,2,7-8H2,1H3,(H,16,17,18). The molecule has 0 aliphatic carbocycles. The summed E-state index contributed by atoms with van der Waals surface area (Å²) in [6.07, 6.45) is 1.67. The van der Waals surface area contributed by atoms with Crippen molar-refractivity contribution in [3.05, 3.63) is 34.4 Å². The maximum absolute atomic E-state index is 5.74. The fraction of sp³-hybridized carbons (Fsp3) is 0.286. The molecule has 3 rings (SSSR count). The highest BCUT2D eigenvalue weighted by atomic mass is 79.9. The van der Waals surface area contributed by atoms with Gasteiger partial charge < -0.3 is 19.5 Å². The van der Waals surface area contributed by atoms with E-state index in [1.165, 1.54) is 0 Å². The SMILES string of the molecule is CCNc1ncc(Br)c(OCc2ccc3c(c2)OCO3)n1. The largest absolute Gasteiger partial charge is 0.472 e. The second kappa shape index (κ2) is 6.17. The minimum atomic E-state index is 0.267. The van der Waals surface area contributed by atoms with Gasteiger partial charge in [0, 0.05) is 6.54 Å². The number of nitrogens with zero attached hydrogens (tertiary/aromatic N) is 2. The van der Waals surface area contributed by atoms with E-state index in [-0.39, 0.29) is 6.79 Å². The number of ether oxygens (including phenoxy) is 3. The molecular formula is C14H14BrN3O3. The number of hydrogen-bond acceptors (Lipinski definition) is 6. The van der Waals surface area contributed by atoms with E-state index >= 15 is 0 Å². The van der Waals surface area contributed by atoms with Crippen LogP contribution >= 0.6 is 15.9 Å². The Hall–Kier alpha value is -2.02. The number of halogens is 1. The number of aromatic nitrogens is 2. The van der Waals surface area contributed by atoms with Crippen LogP contribution < -0.4 is 19.5 Å². The van der Waals surface area contributed by atoms with Crippen LogP contribution in [0.25, 0.3) is 0 Å². The van der Waals surface area contributed by atoms with Crippen LogP contribution in [-0.4, -0.2) is 23.3 Å². The first kappa shape index (κ1) is 13.9. The molecule has 6 nitrogen and oxygen atoms in total. The lowest BCUT2D eigenvalue weighted by Crippen LogP contribution is -2.05. The Morgan fingerprint density at radius 1 is 1.33 bits per heavy atom. The van der Waals surface area contributed by atoms with Crippen LogP contribution in [0, 0.1) is 0 Å². The minimum Gasteiger partial charge on any atom is -0.472 e. The number of fused-ring (bicyclic) bond motifs is 1. The predicted octanol–water partition coefficient (Wildman–Crippen LogP) is 2.98. The predicted molar refractivity (Wildman–Crippen MR) is 80.8 cm³/mol. The lowest BCUT2D eigenvalue weighted by molar-refractivity contribution is 0.174. The van der Waals surface area contributed by atoms with Crippen LogP contribution in [0.5, 0.6) is 17.4 Å². The third kappa shape index (κ3) is 3.18. The van der Waals surface area contributed by atoms with Gasteiger partial charge in [-0.15, -0.1) is 0 Å². The van der Waals surface area contributed by atoms with Crippen LogP contribution in [0.15, 0.2) is 28.9 Å². The number of hydrogen-bond donors (Lipinski definition) is 1. The molecular weight excluding hydrogens is 338 g/mol. The fourth-order valence-electron chi connectivity index (χ4n) is 1.88. The Labute approximate surface area is 130 Å². The number of benzene rings is 1. The molecule has 1 N–H and O–H groups in total. The lowest BCUT2D eigenvalue weighted by atomic mass is 10.2. The van der Waals surface area contributed by atoms with Gasteiger partial charge in [0.25, 0.3) is 0 Å². The zero-order valence-electron chi connectivity index (χ0n) is 11.4. The van der Waals surface area contributed by atoms with E-state index in [9.17, 15) is 0 Å². The number of anilines is 1. The van der Waals surface area contributed by atoms with Crippen molar-refractivity contribution in [3.63, 3.8) is 0 Å². The Morgan fingerprint density at radius 2 is 2.19 bits per heavy atom. The monoisotopic (exact) mass is 351 g/mol. The van der Waals surface area contributed by atoms with Crippen molar-refractivity contribution in [2.45, 2.75) is 13.5 Å². The maximum Gasteiger partial charge on any atom is 0.233 e. The molecule has 110 valence electrons. The summed E-state index contributed by atoms with van der Waals surface area (Å²) in [5.74, 6) is 2.54. The van der Waals surface area contributed by atoms with E-state index in [1.807, 2.05) is 25.1 Å². The molecule has 0 atom stereocenters. The topological polar surface area (TPSA) is 65.5 Å². The molecule has 21 heavy (non-hydrogen) atoms. The minimum absolute atomic E-state index is 0.267. The lowest BCUT2D eigenvalue weighted by Gasteiger charge is -2.09. The van der Waals surface area contributed by atoms with Crippen molar-refractivity contribution in [2.24, 2.45) is 0 Å². The summed E-state index contributed by atoms with van der Waals surface area (Å²) in [7, 11) is 0. The molecule has 0 radical (unpaired) electrons. The molecule has 2 aromatic rings. The number of nitrogens with one attached hydrogen (secondary N) is 1. The molecule has 1 aliphatic rings. The summed E-state index contributed by atoms with van der Waals surface area (Å²) >= 11 is 3.38. The van der Waals surface area contributed by atoms with Crippen LogP contribution in [0.2, 0.25) is 0 Å². The van der Waals surface area contributed by atoms with Gasteiger partial charge in [0.1, 0.15) is 6.61 Å². The summed E-state index contributed by atoms with van der Waals surface area (Å²) in [5.41, 5.74) is 0.981. The smallest absolute Gasteiger partial charge is 0.233 e. The molecule has 0 amide bonds. The van der Waals surface area contributed by atoms with Gasteiger partial charge in [-0.1, -0.05) is 6.07 Å². The van der Waals surface area contributed by atoms with Gasteiger partial charge in [-0.2, -0.15) is 4.98 Å². The third-order valence-electron chi connectivity index (χ3n) is 2.86. The van der Waals surface area contributed by atoms with Gasteiger partial charge in [-0.3, -0.25) is 0 Å². The Bertz CT molecular complexity index is 651. The van der Waals surface area contributed by atoms with E-state index in [0.717, 1.165) is 23.6 Å². The molecule has 0 saturated carbocycles. The van der Waals surface area contributed by atoms with Crippen molar-refractivity contribution >= 4 is 21.9 Å². The van der Waals surface area contributed by atoms with E-state index in [0.29, 0.717) is 22.9 Å². The Balaban J connectivity index is 1.71. The molecule has 2 heterocycles. The Kier molecular flexibility index (Phi) is 4.10.